The van der Waals surface area contributed by atoms with Gasteiger partial charge in [-0.15, -0.1) is 11.3 Å². The summed E-state index contributed by atoms with van der Waals surface area (Å²) in [6, 6.07) is 9.79. The molecule has 6 unspecified atom stereocenters. The lowest BCUT2D eigenvalue weighted by molar-refractivity contribution is -0.144. The molecule has 4 N–H and O–H groups in total. The van der Waals surface area contributed by atoms with Crippen molar-refractivity contribution in [2.45, 2.75) is 83.8 Å². The molecule has 2 aromatic rings. The number of fused-ring (bicyclic) bond motifs is 2. The third kappa shape index (κ3) is 4.72. The van der Waals surface area contributed by atoms with Crippen molar-refractivity contribution < 1.29 is 19.8 Å². The van der Waals surface area contributed by atoms with Gasteiger partial charge in [0.05, 0.1) is 24.4 Å². The molecule has 0 saturated heterocycles. The molecule has 3 aliphatic rings. The molecule has 0 spiro atoms. The average Bonchev–Trinajstić information content (AvgIpc) is 3.24. The number of hydrogen-bond acceptors (Lipinski definition) is 6. The van der Waals surface area contributed by atoms with Crippen molar-refractivity contribution in [3.8, 4) is 0 Å². The van der Waals surface area contributed by atoms with Crippen LogP contribution in [0.2, 0.25) is 0 Å². The fourth-order valence-corrected chi connectivity index (χ4v) is 7.96. The van der Waals surface area contributed by atoms with E-state index in [0.29, 0.717) is 18.0 Å². The van der Waals surface area contributed by atoms with Gasteiger partial charge in [0.15, 0.2) is 5.13 Å². The van der Waals surface area contributed by atoms with Crippen molar-refractivity contribution in [1.82, 2.24) is 10.3 Å². The average molecular weight is 526 g/mol. The van der Waals surface area contributed by atoms with Gasteiger partial charge in [-0.25, -0.2) is 4.98 Å². The van der Waals surface area contributed by atoms with Gasteiger partial charge in [-0.1, -0.05) is 50.6 Å². The number of benzene rings is 1. The van der Waals surface area contributed by atoms with Crippen molar-refractivity contribution in [3.63, 3.8) is 0 Å². The molecule has 200 valence electrons. The highest BCUT2D eigenvalue weighted by atomic mass is 32.1. The number of hydrogen-bond donors (Lipinski definition) is 4. The van der Waals surface area contributed by atoms with Crippen LogP contribution in [0.25, 0.3) is 0 Å². The van der Waals surface area contributed by atoms with Crippen LogP contribution in [0.5, 0.6) is 0 Å². The van der Waals surface area contributed by atoms with Crippen LogP contribution in [-0.2, 0) is 16.0 Å². The van der Waals surface area contributed by atoms with E-state index in [4.69, 9.17) is 4.98 Å². The van der Waals surface area contributed by atoms with E-state index in [9.17, 15) is 19.8 Å². The van der Waals surface area contributed by atoms with Crippen LogP contribution in [0.1, 0.15) is 87.4 Å². The molecule has 8 heteroatoms. The summed E-state index contributed by atoms with van der Waals surface area (Å²) in [7, 11) is 0. The quantitative estimate of drug-likeness (QED) is 0.423. The van der Waals surface area contributed by atoms with Gasteiger partial charge in [-0.05, 0) is 55.9 Å². The maximum atomic E-state index is 13.4. The first-order valence-electron chi connectivity index (χ1n) is 13.6. The molecule has 2 fully saturated rings. The van der Waals surface area contributed by atoms with Gasteiger partial charge in [-0.3, -0.25) is 9.59 Å². The Labute approximate surface area is 223 Å². The van der Waals surface area contributed by atoms with Crippen molar-refractivity contribution in [2.24, 2.45) is 22.7 Å². The summed E-state index contributed by atoms with van der Waals surface area (Å²) >= 11 is 1.49. The van der Waals surface area contributed by atoms with Crippen molar-refractivity contribution in [2.75, 3.05) is 11.9 Å². The first-order valence-corrected chi connectivity index (χ1v) is 14.4. The lowest BCUT2D eigenvalue weighted by Gasteiger charge is -2.58. The molecule has 0 bridgehead atoms. The molecule has 0 aliphatic heterocycles. The maximum Gasteiger partial charge on any atom is 0.229 e. The Morgan fingerprint density at radius 3 is 2.57 bits per heavy atom. The smallest absolute Gasteiger partial charge is 0.229 e. The van der Waals surface area contributed by atoms with Crippen LogP contribution in [0.15, 0.2) is 30.3 Å². The Bertz CT molecular complexity index is 1150. The summed E-state index contributed by atoms with van der Waals surface area (Å²) in [6.45, 7) is 6.04. The van der Waals surface area contributed by atoms with Crippen LogP contribution < -0.4 is 10.6 Å². The fraction of sp³-hybridized carbons (Fsp3) is 0.621. The molecule has 5 rings (SSSR count). The number of amides is 2. The molecular formula is C29H39N3O4S. The van der Waals surface area contributed by atoms with Gasteiger partial charge in [0.25, 0.3) is 0 Å². The first-order chi connectivity index (χ1) is 17.7. The molecule has 37 heavy (non-hydrogen) atoms. The van der Waals surface area contributed by atoms with Crippen LogP contribution >= 0.6 is 11.3 Å². The van der Waals surface area contributed by atoms with E-state index in [0.717, 1.165) is 41.8 Å². The van der Waals surface area contributed by atoms with E-state index in [1.165, 1.54) is 11.3 Å². The normalized spacial score (nSPS) is 32.0. The van der Waals surface area contributed by atoms with Gasteiger partial charge in [0, 0.05) is 28.5 Å². The predicted octanol–water partition coefficient (Wildman–Crippen LogP) is 4.56. The number of carbonyl (C=O) groups excluding carboxylic acids is 2. The van der Waals surface area contributed by atoms with Crippen LogP contribution in [-0.4, -0.2) is 39.7 Å². The third-order valence-corrected chi connectivity index (χ3v) is 10.7. The maximum absolute atomic E-state index is 13.4. The summed E-state index contributed by atoms with van der Waals surface area (Å²) in [5.41, 5.74) is 0.954. The van der Waals surface area contributed by atoms with Crippen molar-refractivity contribution in [3.05, 3.63) is 46.5 Å². The number of anilines is 1. The number of thiazole rings is 1. The topological polar surface area (TPSA) is 112 Å². The van der Waals surface area contributed by atoms with Gasteiger partial charge >= 0.3 is 0 Å². The summed E-state index contributed by atoms with van der Waals surface area (Å²) < 4.78 is 0. The first kappa shape index (κ1) is 26.3. The predicted molar refractivity (Wildman–Crippen MR) is 144 cm³/mol. The second-order valence-electron chi connectivity index (χ2n) is 11.9. The second-order valence-corrected chi connectivity index (χ2v) is 13.0. The van der Waals surface area contributed by atoms with Crippen LogP contribution in [0, 0.1) is 22.7 Å². The van der Waals surface area contributed by atoms with Gasteiger partial charge in [0.2, 0.25) is 11.8 Å². The molecule has 6 atom stereocenters. The van der Waals surface area contributed by atoms with Gasteiger partial charge < -0.3 is 20.8 Å². The SMILES string of the molecule is CC(NC(=O)CC1c2nc(NC(=O)C3CCC3)sc2CC2C(C)(CO)C(O)CCC12C)c1ccccc1. The lowest BCUT2D eigenvalue weighted by Crippen LogP contribution is -2.57. The van der Waals surface area contributed by atoms with Crippen LogP contribution in [0.4, 0.5) is 5.13 Å². The van der Waals surface area contributed by atoms with E-state index < -0.39 is 11.5 Å². The zero-order valence-corrected chi connectivity index (χ0v) is 22.8. The molecule has 1 aromatic heterocycles. The number of aliphatic hydroxyl groups excluding tert-OH is 2. The van der Waals surface area contributed by atoms with Crippen LogP contribution in [0.3, 0.4) is 0 Å². The Morgan fingerprint density at radius 2 is 1.92 bits per heavy atom. The lowest BCUT2D eigenvalue weighted by atomic mass is 9.47. The minimum atomic E-state index is -0.671. The summed E-state index contributed by atoms with van der Waals surface area (Å²) in [4.78, 5) is 32.1. The molecule has 1 aromatic carbocycles. The molecule has 2 saturated carbocycles. The number of aromatic nitrogens is 1. The minimum Gasteiger partial charge on any atom is -0.396 e. The molecular weight excluding hydrogens is 486 g/mol. The third-order valence-electron chi connectivity index (χ3n) is 9.67. The summed E-state index contributed by atoms with van der Waals surface area (Å²) in [5.74, 6) is -0.133. The Hall–Kier alpha value is -2.29. The van der Waals surface area contributed by atoms with E-state index in [1.807, 2.05) is 44.2 Å². The fourth-order valence-electron chi connectivity index (χ4n) is 6.89. The van der Waals surface area contributed by atoms with E-state index in [-0.39, 0.29) is 54.1 Å². The van der Waals surface area contributed by atoms with E-state index in [1.54, 1.807) is 0 Å². The Morgan fingerprint density at radius 1 is 1.19 bits per heavy atom. The molecule has 7 nitrogen and oxygen atoms in total. The number of rotatable bonds is 7. The summed E-state index contributed by atoms with van der Waals surface area (Å²) in [5, 5.41) is 28.2. The van der Waals surface area contributed by atoms with Gasteiger partial charge in [0.1, 0.15) is 0 Å². The standard InChI is InChI=1S/C29H39N3O4S/c1-17(18-8-5-4-6-9-18)30-24(35)14-20-25-21(37-27(31-25)32-26(36)19-10-7-11-19)15-22-28(20,2)13-12-23(34)29(22,3)16-33/h4-6,8-9,17,19-20,22-23,33-34H,7,10-16H2,1-3H3,(H,30,35)(H,31,32,36). The highest BCUT2D eigenvalue weighted by Crippen LogP contribution is 2.62. The number of nitrogens with one attached hydrogen (secondary N) is 2. The highest BCUT2D eigenvalue weighted by Gasteiger charge is 2.59. The van der Waals surface area contributed by atoms with Gasteiger partial charge in [-0.2, -0.15) is 0 Å². The zero-order chi connectivity index (χ0) is 26.4. The van der Waals surface area contributed by atoms with E-state index >= 15 is 0 Å². The highest BCUT2D eigenvalue weighted by molar-refractivity contribution is 7.15. The molecule has 3 aliphatic carbocycles. The summed E-state index contributed by atoms with van der Waals surface area (Å²) in [6.07, 6.45) is 4.61. The molecule has 0 radical (unpaired) electrons. The Balaban J connectivity index is 1.45. The van der Waals surface area contributed by atoms with Crippen molar-refractivity contribution >= 4 is 28.3 Å². The van der Waals surface area contributed by atoms with E-state index in [2.05, 4.69) is 17.6 Å². The number of carbonyl (C=O) groups is 2. The second kappa shape index (κ2) is 10.1. The molecule has 1 heterocycles. The molecule has 2 amide bonds. The Kier molecular flexibility index (Phi) is 7.20. The minimum absolute atomic E-state index is 0.0127. The zero-order valence-electron chi connectivity index (χ0n) is 22.0. The monoisotopic (exact) mass is 525 g/mol. The van der Waals surface area contributed by atoms with Crippen molar-refractivity contribution in [1.29, 1.82) is 0 Å². The number of nitrogens with zero attached hydrogens (tertiary/aromatic N) is 1. The largest absolute Gasteiger partial charge is 0.396 e. The number of aliphatic hydroxyl groups is 2.